The molecule has 0 bridgehead atoms. The molecule has 9 heteroatoms. The number of amides is 1. The number of aliphatic hydroxyl groups is 1. The van der Waals surface area contributed by atoms with Crippen molar-refractivity contribution in [1.82, 2.24) is 15.3 Å². The van der Waals surface area contributed by atoms with Crippen molar-refractivity contribution in [2.24, 2.45) is 5.92 Å². The minimum Gasteiger partial charge on any atom is -0.504 e. The zero-order chi connectivity index (χ0) is 25.7. The van der Waals surface area contributed by atoms with Crippen LogP contribution in [0.15, 0.2) is 24.3 Å². The van der Waals surface area contributed by atoms with Gasteiger partial charge >= 0.3 is 5.97 Å². The van der Waals surface area contributed by atoms with Gasteiger partial charge in [-0.05, 0) is 56.2 Å². The van der Waals surface area contributed by atoms with Gasteiger partial charge in [-0.15, -0.1) is 0 Å². The number of carboxylic acids is 1. The molecule has 2 aromatic rings. The van der Waals surface area contributed by atoms with E-state index in [1.165, 1.54) is 17.7 Å². The van der Waals surface area contributed by atoms with Crippen LogP contribution in [0.25, 0.3) is 0 Å². The summed E-state index contributed by atoms with van der Waals surface area (Å²) >= 11 is 0. The van der Waals surface area contributed by atoms with E-state index in [1.807, 2.05) is 0 Å². The van der Waals surface area contributed by atoms with Gasteiger partial charge in [0.25, 0.3) is 5.91 Å². The van der Waals surface area contributed by atoms with Crippen molar-refractivity contribution in [2.45, 2.75) is 70.3 Å². The number of benzene rings is 1. The molecule has 1 aromatic heterocycles. The summed E-state index contributed by atoms with van der Waals surface area (Å²) in [7, 11) is 0. The molecular weight excluding hydrogens is 460 g/mol. The Morgan fingerprint density at radius 1 is 1.08 bits per heavy atom. The topological polar surface area (TPSA) is 136 Å². The Morgan fingerprint density at radius 2 is 1.75 bits per heavy atom. The van der Waals surface area contributed by atoms with Gasteiger partial charge in [0.15, 0.2) is 11.4 Å². The van der Waals surface area contributed by atoms with Gasteiger partial charge in [0.1, 0.15) is 12.4 Å². The van der Waals surface area contributed by atoms with Crippen LogP contribution in [0.4, 0.5) is 5.69 Å². The lowest BCUT2D eigenvalue weighted by molar-refractivity contribution is -0.135. The van der Waals surface area contributed by atoms with Crippen LogP contribution < -0.4 is 10.2 Å². The molecule has 2 heterocycles. The number of aliphatic carboxylic acids is 1. The van der Waals surface area contributed by atoms with Crippen molar-refractivity contribution in [2.75, 3.05) is 24.5 Å². The van der Waals surface area contributed by atoms with E-state index >= 15 is 0 Å². The van der Waals surface area contributed by atoms with Crippen LogP contribution in [-0.4, -0.2) is 62.4 Å². The summed E-state index contributed by atoms with van der Waals surface area (Å²) in [4.78, 5) is 34.0. The van der Waals surface area contributed by atoms with Crippen molar-refractivity contribution < 1.29 is 24.9 Å². The van der Waals surface area contributed by atoms with Crippen molar-refractivity contribution in [3.63, 3.8) is 0 Å². The molecule has 9 nitrogen and oxygen atoms in total. The van der Waals surface area contributed by atoms with E-state index in [9.17, 15) is 19.8 Å². The molecule has 4 rings (SSSR count). The highest BCUT2D eigenvalue weighted by Gasteiger charge is 2.29. The number of nitrogens with one attached hydrogen (secondary N) is 1. The summed E-state index contributed by atoms with van der Waals surface area (Å²) in [5, 5.41) is 32.1. The van der Waals surface area contributed by atoms with Gasteiger partial charge in [0.05, 0.1) is 11.3 Å². The van der Waals surface area contributed by atoms with E-state index in [4.69, 9.17) is 5.11 Å². The number of piperidine rings is 1. The third-order valence-electron chi connectivity index (χ3n) is 7.42. The second kappa shape index (κ2) is 11.2. The normalized spacial score (nSPS) is 18.1. The Morgan fingerprint density at radius 3 is 2.39 bits per heavy atom. The van der Waals surface area contributed by atoms with Crippen LogP contribution in [0.3, 0.4) is 0 Å². The molecule has 1 aromatic carbocycles. The molecule has 0 spiro atoms. The van der Waals surface area contributed by atoms with Crippen LogP contribution in [0, 0.1) is 12.8 Å². The molecule has 2 aliphatic rings. The molecule has 2 fully saturated rings. The number of aromatic nitrogens is 2. The van der Waals surface area contributed by atoms with Gasteiger partial charge in [-0.3, -0.25) is 9.59 Å². The molecule has 194 valence electrons. The van der Waals surface area contributed by atoms with Crippen molar-refractivity contribution >= 4 is 17.6 Å². The zero-order valence-electron chi connectivity index (χ0n) is 20.9. The average Bonchev–Trinajstić information content (AvgIpc) is 2.86. The highest BCUT2D eigenvalue weighted by Crippen LogP contribution is 2.32. The summed E-state index contributed by atoms with van der Waals surface area (Å²) in [6.45, 7) is 2.86. The number of aryl methyl sites for hydroxylation is 1. The zero-order valence-corrected chi connectivity index (χ0v) is 20.9. The lowest BCUT2D eigenvalue weighted by atomic mass is 9.80. The molecule has 0 atom stereocenters. The third-order valence-corrected chi connectivity index (χ3v) is 7.42. The van der Waals surface area contributed by atoms with Gasteiger partial charge < -0.3 is 25.5 Å². The molecule has 0 unspecified atom stereocenters. The van der Waals surface area contributed by atoms with Crippen LogP contribution in [0.2, 0.25) is 0 Å². The molecule has 1 amide bonds. The number of hydrogen-bond acceptors (Lipinski definition) is 7. The lowest BCUT2D eigenvalue weighted by Crippen LogP contribution is -2.35. The largest absolute Gasteiger partial charge is 0.504 e. The predicted octanol–water partition coefficient (Wildman–Crippen LogP) is 3.00. The molecule has 0 radical (unpaired) electrons. The first-order chi connectivity index (χ1) is 17.2. The highest BCUT2D eigenvalue weighted by atomic mass is 16.4. The summed E-state index contributed by atoms with van der Waals surface area (Å²) in [5.74, 6) is -1.39. The van der Waals surface area contributed by atoms with Gasteiger partial charge in [-0.25, -0.2) is 9.97 Å². The summed E-state index contributed by atoms with van der Waals surface area (Å²) < 4.78 is 0. The minimum absolute atomic E-state index is 0.186. The average molecular weight is 497 g/mol. The minimum atomic E-state index is -1.17. The highest BCUT2D eigenvalue weighted by molar-refractivity contribution is 5.96. The van der Waals surface area contributed by atoms with Gasteiger partial charge in [0, 0.05) is 31.6 Å². The molecule has 4 N–H and O–H groups in total. The standard InChI is InChI=1S/C27H36N4O5/c1-18-25(34)24(26(35)28-17-23(32)33)30-22(29-18)15-19-9-13-31(14-10-19)21-7-5-20(6-8-21)16-27(36)11-3-2-4-12-27/h5-8,19,34,36H,2-4,9-17H2,1H3,(H,28,35)(H,32,33). The molecule has 1 saturated heterocycles. The van der Waals surface area contributed by atoms with Crippen LogP contribution in [0.5, 0.6) is 5.75 Å². The van der Waals surface area contributed by atoms with Crippen LogP contribution in [0.1, 0.15) is 72.5 Å². The SMILES string of the molecule is Cc1nc(CC2CCN(c3ccc(CC4(O)CCCCC4)cc3)CC2)nc(C(=O)NCC(=O)O)c1O. The number of carboxylic acid groups (broad SMARTS) is 1. The quantitative estimate of drug-likeness (QED) is 0.438. The lowest BCUT2D eigenvalue weighted by Gasteiger charge is -2.34. The smallest absolute Gasteiger partial charge is 0.322 e. The second-order valence-electron chi connectivity index (χ2n) is 10.3. The van der Waals surface area contributed by atoms with Crippen LogP contribution in [-0.2, 0) is 17.6 Å². The Hall–Kier alpha value is -3.20. The fourth-order valence-corrected chi connectivity index (χ4v) is 5.36. The maximum Gasteiger partial charge on any atom is 0.322 e. The van der Waals surface area contributed by atoms with Crippen molar-refractivity contribution in [3.05, 3.63) is 47.0 Å². The van der Waals surface area contributed by atoms with Crippen molar-refractivity contribution in [3.8, 4) is 5.75 Å². The molecule has 36 heavy (non-hydrogen) atoms. The Balaban J connectivity index is 1.32. The first kappa shape index (κ1) is 25.9. The van der Waals surface area contributed by atoms with E-state index in [-0.39, 0.29) is 11.4 Å². The summed E-state index contributed by atoms with van der Waals surface area (Å²) in [5.41, 5.74) is 1.93. The third kappa shape index (κ3) is 6.51. The van der Waals surface area contributed by atoms with Gasteiger partial charge in [0.2, 0.25) is 0 Å². The summed E-state index contributed by atoms with van der Waals surface area (Å²) in [6.07, 6.45) is 8.43. The number of aromatic hydroxyl groups is 1. The Labute approximate surface area is 211 Å². The predicted molar refractivity (Wildman–Crippen MR) is 135 cm³/mol. The molecule has 1 aliphatic carbocycles. The number of carbonyl (C=O) groups excluding carboxylic acids is 1. The molecular formula is C27H36N4O5. The number of rotatable bonds is 8. The van der Waals surface area contributed by atoms with Gasteiger partial charge in [-0.1, -0.05) is 31.4 Å². The van der Waals surface area contributed by atoms with E-state index in [0.717, 1.165) is 58.0 Å². The maximum atomic E-state index is 12.3. The van der Waals surface area contributed by atoms with E-state index < -0.39 is 24.0 Å². The summed E-state index contributed by atoms with van der Waals surface area (Å²) in [6, 6.07) is 8.57. The van der Waals surface area contributed by atoms with Gasteiger partial charge in [-0.2, -0.15) is 0 Å². The Bertz CT molecular complexity index is 1070. The van der Waals surface area contributed by atoms with Crippen molar-refractivity contribution in [1.29, 1.82) is 0 Å². The van der Waals surface area contributed by atoms with Crippen LogP contribution >= 0.6 is 0 Å². The number of nitrogens with zero attached hydrogens (tertiary/aromatic N) is 3. The van der Waals surface area contributed by atoms with E-state index in [2.05, 4.69) is 44.5 Å². The van der Waals surface area contributed by atoms with E-state index in [0.29, 0.717) is 23.9 Å². The van der Waals surface area contributed by atoms with E-state index in [1.54, 1.807) is 6.92 Å². The number of hydrogen-bond donors (Lipinski definition) is 4. The fraction of sp³-hybridized carbons (Fsp3) is 0.556. The first-order valence-electron chi connectivity index (χ1n) is 12.9. The first-order valence-corrected chi connectivity index (χ1v) is 12.9. The number of anilines is 1. The Kier molecular flexibility index (Phi) is 8.08. The second-order valence-corrected chi connectivity index (χ2v) is 10.3. The fourth-order valence-electron chi connectivity index (χ4n) is 5.36. The maximum absolute atomic E-state index is 12.3. The monoisotopic (exact) mass is 496 g/mol. The molecule has 1 aliphatic heterocycles. The number of carbonyl (C=O) groups is 2. The molecule has 1 saturated carbocycles.